The summed E-state index contributed by atoms with van der Waals surface area (Å²) in [4.78, 5) is 25.3. The second kappa shape index (κ2) is 16.5. The molecule has 2 N–H and O–H groups in total. The number of nitrogens with one attached hydrogen (secondary N) is 1. The number of nitrogens with zero attached hydrogens (tertiary/aromatic N) is 1. The second-order valence-electron chi connectivity index (χ2n) is 7.23. The SMILES string of the molecule is CCCCOC(=O)CN(CCOCCO)CCOCCNC(=O)OC(C)(C)C. The summed E-state index contributed by atoms with van der Waals surface area (Å²) in [5.74, 6) is -0.276. The molecule has 0 aromatic heterocycles. The van der Waals surface area contributed by atoms with Crippen molar-refractivity contribution in [1.29, 1.82) is 0 Å². The molecule has 0 aromatic rings. The maximum Gasteiger partial charge on any atom is 0.407 e. The van der Waals surface area contributed by atoms with Crippen molar-refractivity contribution >= 4 is 12.1 Å². The van der Waals surface area contributed by atoms with Crippen LogP contribution >= 0.6 is 0 Å². The number of unbranched alkanes of at least 4 members (excludes halogenated alkanes) is 1. The molecule has 28 heavy (non-hydrogen) atoms. The van der Waals surface area contributed by atoms with E-state index in [-0.39, 0.29) is 25.7 Å². The summed E-state index contributed by atoms with van der Waals surface area (Å²) in [5.41, 5.74) is -0.532. The standard InChI is InChI=1S/C19H38N2O7/c1-5-6-11-27-17(23)16-21(9-14-26-15-10-22)8-13-25-12-7-20-18(24)28-19(2,3)4/h22H,5-16H2,1-4H3,(H,20,24). The van der Waals surface area contributed by atoms with E-state index in [9.17, 15) is 9.59 Å². The molecular formula is C19H38N2O7. The quantitative estimate of drug-likeness (QED) is 0.291. The topological polar surface area (TPSA) is 107 Å². The molecule has 0 atom stereocenters. The normalized spacial score (nSPS) is 11.5. The van der Waals surface area contributed by atoms with Crippen molar-refractivity contribution in [2.24, 2.45) is 0 Å². The van der Waals surface area contributed by atoms with Gasteiger partial charge in [-0.05, 0) is 27.2 Å². The summed E-state index contributed by atoms with van der Waals surface area (Å²) in [6.07, 6.45) is 1.34. The van der Waals surface area contributed by atoms with E-state index in [0.717, 1.165) is 12.8 Å². The van der Waals surface area contributed by atoms with Crippen LogP contribution in [0.2, 0.25) is 0 Å². The molecule has 166 valence electrons. The Morgan fingerprint density at radius 2 is 1.64 bits per heavy atom. The number of aliphatic hydroxyl groups excluding tert-OH is 1. The summed E-state index contributed by atoms with van der Waals surface area (Å²) in [6, 6.07) is 0. The molecular weight excluding hydrogens is 368 g/mol. The van der Waals surface area contributed by atoms with Crippen molar-refractivity contribution in [3.63, 3.8) is 0 Å². The lowest BCUT2D eigenvalue weighted by atomic mass is 10.2. The first-order valence-corrected chi connectivity index (χ1v) is 9.89. The van der Waals surface area contributed by atoms with Gasteiger partial charge in [-0.1, -0.05) is 13.3 Å². The van der Waals surface area contributed by atoms with Crippen LogP contribution in [-0.2, 0) is 23.7 Å². The Labute approximate surface area is 168 Å². The number of carbonyl (C=O) groups excluding carboxylic acids is 2. The lowest BCUT2D eigenvalue weighted by Gasteiger charge is -2.21. The summed E-state index contributed by atoms with van der Waals surface area (Å²) in [5, 5.41) is 11.4. The molecule has 0 saturated carbocycles. The van der Waals surface area contributed by atoms with Crippen molar-refractivity contribution in [2.45, 2.75) is 46.1 Å². The number of esters is 1. The molecule has 0 spiro atoms. The average Bonchev–Trinajstić information content (AvgIpc) is 2.60. The molecule has 0 unspecified atom stereocenters. The highest BCUT2D eigenvalue weighted by Crippen LogP contribution is 2.06. The van der Waals surface area contributed by atoms with Gasteiger partial charge in [0.1, 0.15) is 5.60 Å². The van der Waals surface area contributed by atoms with Crippen molar-refractivity contribution in [2.75, 3.05) is 65.8 Å². The maximum absolute atomic E-state index is 11.9. The third kappa shape index (κ3) is 18.0. The number of hydrogen-bond acceptors (Lipinski definition) is 8. The first-order valence-electron chi connectivity index (χ1n) is 9.89. The Kier molecular flexibility index (Phi) is 15.7. The van der Waals surface area contributed by atoms with E-state index >= 15 is 0 Å². The summed E-state index contributed by atoms with van der Waals surface area (Å²) >= 11 is 0. The van der Waals surface area contributed by atoms with Gasteiger partial charge in [0.25, 0.3) is 0 Å². The number of carbonyl (C=O) groups is 2. The molecule has 0 radical (unpaired) electrons. The fourth-order valence-corrected chi connectivity index (χ4v) is 2.02. The number of ether oxygens (including phenoxy) is 4. The van der Waals surface area contributed by atoms with E-state index in [1.54, 1.807) is 20.8 Å². The van der Waals surface area contributed by atoms with Crippen LogP contribution in [0, 0.1) is 0 Å². The van der Waals surface area contributed by atoms with Crippen molar-refractivity contribution in [1.82, 2.24) is 10.2 Å². The van der Waals surface area contributed by atoms with Gasteiger partial charge >= 0.3 is 12.1 Å². The monoisotopic (exact) mass is 406 g/mol. The smallest absolute Gasteiger partial charge is 0.407 e. The molecule has 0 saturated heterocycles. The van der Waals surface area contributed by atoms with Gasteiger partial charge in [0.05, 0.1) is 46.2 Å². The zero-order valence-electron chi connectivity index (χ0n) is 17.8. The number of rotatable bonds is 16. The summed E-state index contributed by atoms with van der Waals surface area (Å²) < 4.78 is 21.1. The van der Waals surface area contributed by atoms with Crippen LogP contribution in [0.4, 0.5) is 4.79 Å². The van der Waals surface area contributed by atoms with Gasteiger partial charge in [-0.3, -0.25) is 9.69 Å². The van der Waals surface area contributed by atoms with Crippen LogP contribution in [0.25, 0.3) is 0 Å². The van der Waals surface area contributed by atoms with Crippen LogP contribution in [-0.4, -0.2) is 93.5 Å². The minimum Gasteiger partial charge on any atom is -0.465 e. The summed E-state index contributed by atoms with van der Waals surface area (Å²) in [6.45, 7) is 10.8. The van der Waals surface area contributed by atoms with Crippen LogP contribution in [0.5, 0.6) is 0 Å². The van der Waals surface area contributed by atoms with Crippen molar-refractivity contribution in [3.05, 3.63) is 0 Å². The predicted molar refractivity (Wildman–Crippen MR) is 105 cm³/mol. The summed E-state index contributed by atoms with van der Waals surface area (Å²) in [7, 11) is 0. The van der Waals surface area contributed by atoms with Gasteiger partial charge in [-0.2, -0.15) is 0 Å². The van der Waals surface area contributed by atoms with Crippen LogP contribution < -0.4 is 5.32 Å². The van der Waals surface area contributed by atoms with E-state index < -0.39 is 11.7 Å². The molecule has 0 aliphatic rings. The molecule has 9 nitrogen and oxygen atoms in total. The lowest BCUT2D eigenvalue weighted by Crippen LogP contribution is -2.37. The van der Waals surface area contributed by atoms with E-state index in [1.807, 2.05) is 11.8 Å². The Hall–Kier alpha value is -1.42. The van der Waals surface area contributed by atoms with Gasteiger partial charge in [-0.25, -0.2) is 4.79 Å². The predicted octanol–water partition coefficient (Wildman–Crippen LogP) is 1.18. The fraction of sp³-hybridized carbons (Fsp3) is 0.895. The third-order valence-corrected chi connectivity index (χ3v) is 3.37. The Balaban J connectivity index is 4.04. The lowest BCUT2D eigenvalue weighted by molar-refractivity contribution is -0.145. The van der Waals surface area contributed by atoms with Crippen LogP contribution in [0.3, 0.4) is 0 Å². The first-order chi connectivity index (χ1) is 13.3. The highest BCUT2D eigenvalue weighted by atomic mass is 16.6. The minimum absolute atomic E-state index is 0.0349. The van der Waals surface area contributed by atoms with E-state index in [2.05, 4.69) is 5.32 Å². The van der Waals surface area contributed by atoms with Crippen molar-refractivity contribution in [3.8, 4) is 0 Å². The van der Waals surface area contributed by atoms with Gasteiger partial charge in [-0.15, -0.1) is 0 Å². The number of alkyl carbamates (subject to hydrolysis) is 1. The molecule has 0 rings (SSSR count). The van der Waals surface area contributed by atoms with Gasteiger partial charge < -0.3 is 29.4 Å². The number of amides is 1. The molecule has 0 aliphatic heterocycles. The molecule has 0 bridgehead atoms. The second-order valence-corrected chi connectivity index (χ2v) is 7.23. The zero-order valence-corrected chi connectivity index (χ0v) is 17.8. The molecule has 0 fully saturated rings. The number of hydrogen-bond donors (Lipinski definition) is 2. The number of aliphatic hydroxyl groups is 1. The highest BCUT2D eigenvalue weighted by Gasteiger charge is 2.15. The van der Waals surface area contributed by atoms with Gasteiger partial charge in [0.2, 0.25) is 0 Å². The van der Waals surface area contributed by atoms with Gasteiger partial charge in [0.15, 0.2) is 0 Å². The zero-order chi connectivity index (χ0) is 21.3. The van der Waals surface area contributed by atoms with E-state index in [4.69, 9.17) is 24.1 Å². The molecule has 0 aliphatic carbocycles. The van der Waals surface area contributed by atoms with E-state index in [1.165, 1.54) is 0 Å². The maximum atomic E-state index is 11.9. The fourth-order valence-electron chi connectivity index (χ4n) is 2.02. The minimum atomic E-state index is -0.532. The molecule has 1 amide bonds. The molecule has 0 heterocycles. The highest BCUT2D eigenvalue weighted by molar-refractivity contribution is 5.71. The largest absolute Gasteiger partial charge is 0.465 e. The average molecular weight is 407 g/mol. The molecule has 9 heteroatoms. The van der Waals surface area contributed by atoms with Crippen LogP contribution in [0.15, 0.2) is 0 Å². The Morgan fingerprint density at radius 3 is 2.21 bits per heavy atom. The molecule has 0 aromatic carbocycles. The Morgan fingerprint density at radius 1 is 1.00 bits per heavy atom. The Bertz CT molecular complexity index is 414. The van der Waals surface area contributed by atoms with Crippen LogP contribution in [0.1, 0.15) is 40.5 Å². The third-order valence-electron chi connectivity index (χ3n) is 3.37. The first kappa shape index (κ1) is 26.6. The van der Waals surface area contributed by atoms with Crippen molar-refractivity contribution < 1.29 is 33.6 Å². The van der Waals surface area contributed by atoms with Gasteiger partial charge in [0, 0.05) is 19.6 Å². The van der Waals surface area contributed by atoms with E-state index in [0.29, 0.717) is 46.1 Å².